The van der Waals surface area contributed by atoms with Gasteiger partial charge in [-0.3, -0.25) is 0 Å². The lowest BCUT2D eigenvalue weighted by Crippen LogP contribution is -2.07. The highest BCUT2D eigenvalue weighted by atomic mass is 35.5. The maximum Gasteiger partial charge on any atom is 0.343 e. The molecule has 0 heterocycles. The second-order valence-corrected chi connectivity index (χ2v) is 4.19. The molecule has 0 aliphatic carbocycles. The van der Waals surface area contributed by atoms with Crippen LogP contribution in [0.25, 0.3) is 0 Å². The molecule has 0 unspecified atom stereocenters. The number of rotatable bonds is 4. The van der Waals surface area contributed by atoms with E-state index < -0.39 is 17.5 Å². The van der Waals surface area contributed by atoms with Gasteiger partial charge in [-0.1, -0.05) is 36.5 Å². The van der Waals surface area contributed by atoms with E-state index in [9.17, 15) is 15.0 Å². The van der Waals surface area contributed by atoms with Crippen LogP contribution in [0.15, 0.2) is 6.07 Å². The van der Waals surface area contributed by atoms with Crippen molar-refractivity contribution < 1.29 is 19.7 Å². The van der Waals surface area contributed by atoms with Gasteiger partial charge in [-0.15, -0.1) is 0 Å². The molecule has 0 aliphatic rings. The van der Waals surface area contributed by atoms with Crippen molar-refractivity contribution >= 4 is 29.2 Å². The molecule has 17 heavy (non-hydrogen) atoms. The minimum absolute atomic E-state index is 0.0237. The number of ether oxygens (including phenoxy) is 1. The van der Waals surface area contributed by atoms with Crippen molar-refractivity contribution in [2.75, 3.05) is 6.61 Å². The zero-order valence-corrected chi connectivity index (χ0v) is 10.7. The van der Waals surface area contributed by atoms with Crippen LogP contribution in [-0.2, 0) is 4.74 Å². The number of phenolic OH excluding ortho intramolecular Hbond substituents is 2. The Morgan fingerprint density at radius 1 is 1.41 bits per heavy atom. The van der Waals surface area contributed by atoms with Crippen molar-refractivity contribution in [3.63, 3.8) is 0 Å². The first-order valence-electron chi connectivity index (χ1n) is 5.06. The van der Waals surface area contributed by atoms with Gasteiger partial charge in [0.15, 0.2) is 11.5 Å². The molecule has 1 aromatic rings. The fraction of sp³-hybridized carbons (Fsp3) is 0.364. The SMILES string of the molecule is CCCCOC(=O)c1c(O)c(O)cc(Cl)c1Cl. The van der Waals surface area contributed by atoms with E-state index in [1.807, 2.05) is 6.92 Å². The fourth-order valence-corrected chi connectivity index (χ4v) is 1.59. The van der Waals surface area contributed by atoms with Gasteiger partial charge in [-0.25, -0.2) is 4.79 Å². The summed E-state index contributed by atoms with van der Waals surface area (Å²) in [4.78, 5) is 11.6. The first-order valence-corrected chi connectivity index (χ1v) is 5.81. The monoisotopic (exact) mass is 278 g/mol. The molecule has 0 bridgehead atoms. The van der Waals surface area contributed by atoms with E-state index >= 15 is 0 Å². The summed E-state index contributed by atoms with van der Waals surface area (Å²) in [6.45, 7) is 2.17. The number of unbranched alkanes of at least 4 members (excludes halogenated alkanes) is 1. The van der Waals surface area contributed by atoms with Gasteiger partial charge in [0, 0.05) is 6.07 Å². The number of carbonyl (C=O) groups excluding carboxylic acids is 1. The maximum absolute atomic E-state index is 11.6. The minimum Gasteiger partial charge on any atom is -0.504 e. The van der Waals surface area contributed by atoms with Gasteiger partial charge in [0.2, 0.25) is 0 Å². The fourth-order valence-electron chi connectivity index (χ4n) is 1.17. The molecule has 0 saturated carbocycles. The molecule has 0 spiro atoms. The Morgan fingerprint density at radius 2 is 2.06 bits per heavy atom. The molecule has 0 radical (unpaired) electrons. The van der Waals surface area contributed by atoms with Crippen molar-refractivity contribution in [1.29, 1.82) is 0 Å². The Labute approximate surface area is 109 Å². The minimum atomic E-state index is -0.807. The molecular weight excluding hydrogens is 267 g/mol. The number of hydrogen-bond donors (Lipinski definition) is 2. The van der Waals surface area contributed by atoms with Gasteiger partial charge >= 0.3 is 5.97 Å². The predicted molar refractivity (Wildman–Crippen MR) is 65.0 cm³/mol. The Kier molecular flexibility index (Phi) is 4.90. The summed E-state index contributed by atoms with van der Waals surface area (Å²) >= 11 is 11.5. The Hall–Kier alpha value is -1.13. The van der Waals surface area contributed by atoms with Gasteiger partial charge in [0.25, 0.3) is 0 Å². The van der Waals surface area contributed by atoms with E-state index in [2.05, 4.69) is 0 Å². The van der Waals surface area contributed by atoms with Crippen LogP contribution in [-0.4, -0.2) is 22.8 Å². The number of benzene rings is 1. The lowest BCUT2D eigenvalue weighted by molar-refractivity contribution is 0.0496. The third-order valence-electron chi connectivity index (χ3n) is 2.11. The number of phenols is 2. The number of halogens is 2. The van der Waals surface area contributed by atoms with Gasteiger partial charge in [0.05, 0.1) is 16.7 Å². The van der Waals surface area contributed by atoms with Crippen LogP contribution in [0.1, 0.15) is 30.1 Å². The second-order valence-electron chi connectivity index (χ2n) is 3.40. The summed E-state index contributed by atoms with van der Waals surface area (Å²) < 4.78 is 4.89. The average molecular weight is 279 g/mol. The molecule has 6 heteroatoms. The normalized spacial score (nSPS) is 10.3. The standard InChI is InChI=1S/C11H12Cl2O4/c1-2-3-4-17-11(16)8-9(13)6(12)5-7(14)10(8)15/h5,14-15H,2-4H2,1H3. The van der Waals surface area contributed by atoms with Crippen LogP contribution in [0.2, 0.25) is 10.0 Å². The zero-order chi connectivity index (χ0) is 13.0. The largest absolute Gasteiger partial charge is 0.504 e. The van der Waals surface area contributed by atoms with Crippen molar-refractivity contribution in [1.82, 2.24) is 0 Å². The van der Waals surface area contributed by atoms with Gasteiger partial charge in [-0.05, 0) is 6.42 Å². The van der Waals surface area contributed by atoms with Crippen LogP contribution in [0.4, 0.5) is 0 Å². The highest BCUT2D eigenvalue weighted by Crippen LogP contribution is 2.39. The van der Waals surface area contributed by atoms with Crippen LogP contribution < -0.4 is 0 Å². The summed E-state index contributed by atoms with van der Waals surface area (Å²) in [6, 6.07) is 1.06. The molecule has 0 saturated heterocycles. The number of hydrogen-bond acceptors (Lipinski definition) is 4. The Bertz CT molecular complexity index is 406. The summed E-state index contributed by atoms with van der Waals surface area (Å²) in [7, 11) is 0. The second kappa shape index (κ2) is 5.98. The molecule has 0 fully saturated rings. The van der Waals surface area contributed by atoms with Crippen LogP contribution in [0, 0.1) is 0 Å². The highest BCUT2D eigenvalue weighted by molar-refractivity contribution is 6.44. The van der Waals surface area contributed by atoms with E-state index in [1.54, 1.807) is 0 Å². The summed E-state index contributed by atoms with van der Waals surface area (Å²) in [5, 5.41) is 18.7. The zero-order valence-electron chi connectivity index (χ0n) is 9.17. The number of esters is 1. The average Bonchev–Trinajstić information content (AvgIpc) is 2.27. The van der Waals surface area contributed by atoms with Crippen LogP contribution >= 0.6 is 23.2 Å². The molecule has 0 atom stereocenters. The first-order chi connectivity index (χ1) is 7.99. The molecule has 0 aliphatic heterocycles. The van der Waals surface area contributed by atoms with E-state index in [1.165, 1.54) is 0 Å². The lowest BCUT2D eigenvalue weighted by Gasteiger charge is -2.09. The van der Waals surface area contributed by atoms with Crippen LogP contribution in [0.3, 0.4) is 0 Å². The Morgan fingerprint density at radius 3 is 2.65 bits per heavy atom. The van der Waals surface area contributed by atoms with Gasteiger partial charge in [-0.2, -0.15) is 0 Å². The lowest BCUT2D eigenvalue weighted by atomic mass is 10.2. The van der Waals surface area contributed by atoms with Crippen molar-refractivity contribution in [3.05, 3.63) is 21.7 Å². The van der Waals surface area contributed by atoms with E-state index in [-0.39, 0.29) is 22.2 Å². The van der Waals surface area contributed by atoms with Gasteiger partial charge < -0.3 is 14.9 Å². The molecular formula is C11H12Cl2O4. The molecule has 94 valence electrons. The summed E-state index contributed by atoms with van der Waals surface area (Å²) in [5.74, 6) is -1.94. The molecule has 1 rings (SSSR count). The third kappa shape index (κ3) is 3.17. The Balaban J connectivity index is 3.00. The predicted octanol–water partition coefficient (Wildman–Crippen LogP) is 3.36. The molecule has 4 nitrogen and oxygen atoms in total. The quantitative estimate of drug-likeness (QED) is 0.504. The van der Waals surface area contributed by atoms with Crippen molar-refractivity contribution in [2.24, 2.45) is 0 Å². The third-order valence-corrected chi connectivity index (χ3v) is 2.89. The van der Waals surface area contributed by atoms with Crippen molar-refractivity contribution in [3.8, 4) is 11.5 Å². The molecule has 0 amide bonds. The van der Waals surface area contributed by atoms with Crippen LogP contribution in [0.5, 0.6) is 11.5 Å². The topological polar surface area (TPSA) is 66.8 Å². The summed E-state index contributed by atoms with van der Waals surface area (Å²) in [5.41, 5.74) is -0.312. The first kappa shape index (κ1) is 13.9. The smallest absolute Gasteiger partial charge is 0.343 e. The van der Waals surface area contributed by atoms with E-state index in [0.29, 0.717) is 6.42 Å². The molecule has 1 aromatic carbocycles. The highest BCUT2D eigenvalue weighted by Gasteiger charge is 2.22. The van der Waals surface area contributed by atoms with Crippen molar-refractivity contribution in [2.45, 2.75) is 19.8 Å². The number of carbonyl (C=O) groups is 1. The van der Waals surface area contributed by atoms with E-state index in [4.69, 9.17) is 27.9 Å². The number of aromatic hydroxyl groups is 2. The maximum atomic E-state index is 11.6. The molecule has 2 N–H and O–H groups in total. The van der Waals surface area contributed by atoms with E-state index in [0.717, 1.165) is 12.5 Å². The molecule has 0 aromatic heterocycles. The summed E-state index contributed by atoms with van der Waals surface area (Å²) in [6.07, 6.45) is 1.57. The van der Waals surface area contributed by atoms with Gasteiger partial charge in [0.1, 0.15) is 5.56 Å².